The van der Waals surface area contributed by atoms with Crippen LogP contribution in [-0.2, 0) is 11.0 Å². The molecule has 1 atom stereocenters. The summed E-state index contributed by atoms with van der Waals surface area (Å²) < 4.78 is 39.5. The zero-order valence-corrected chi connectivity index (χ0v) is 14.8. The number of carboxylic acids is 1. The number of amides is 2. The predicted octanol–water partition coefficient (Wildman–Crippen LogP) is 2.89. The molecule has 0 spiro atoms. The average Bonchev–Trinajstić information content (AvgIpc) is 3.13. The van der Waals surface area contributed by atoms with Gasteiger partial charge in [-0.05, 0) is 44.6 Å². The Labute approximate surface area is 154 Å². The number of carbonyl (C=O) groups is 2. The lowest BCUT2D eigenvalue weighted by Gasteiger charge is -2.35. The van der Waals surface area contributed by atoms with Gasteiger partial charge in [-0.25, -0.2) is 4.79 Å². The number of nitrogens with zero attached hydrogens (tertiary/aromatic N) is 3. The molecule has 10 heteroatoms. The molecule has 3 rings (SSSR count). The third-order valence-corrected chi connectivity index (χ3v) is 5.36. The Balaban J connectivity index is 1.54. The molecule has 1 unspecified atom stereocenters. The lowest BCUT2D eigenvalue weighted by Crippen LogP contribution is -2.49. The summed E-state index contributed by atoms with van der Waals surface area (Å²) in [6.45, 7) is 0.843. The number of hydrogen-bond acceptors (Lipinski definition) is 3. The number of urea groups is 1. The van der Waals surface area contributed by atoms with Gasteiger partial charge in [-0.3, -0.25) is 9.48 Å². The summed E-state index contributed by atoms with van der Waals surface area (Å²) >= 11 is 0. The number of aromatic nitrogens is 2. The molecule has 0 aromatic carbocycles. The molecule has 1 aromatic rings. The van der Waals surface area contributed by atoms with Crippen LogP contribution in [0.4, 0.5) is 18.0 Å². The minimum Gasteiger partial charge on any atom is -0.481 e. The van der Waals surface area contributed by atoms with Crippen molar-refractivity contribution in [3.63, 3.8) is 0 Å². The Morgan fingerprint density at radius 1 is 1.19 bits per heavy atom. The molecule has 150 valence electrons. The monoisotopic (exact) mass is 388 g/mol. The van der Waals surface area contributed by atoms with E-state index in [1.165, 1.54) is 10.9 Å². The largest absolute Gasteiger partial charge is 0.481 e. The van der Waals surface area contributed by atoms with E-state index in [9.17, 15) is 22.8 Å². The van der Waals surface area contributed by atoms with Crippen LogP contribution < -0.4 is 5.32 Å². The van der Waals surface area contributed by atoms with Crippen LogP contribution in [0, 0.1) is 5.92 Å². The number of carboxylic acid groups (broad SMARTS) is 1. The Morgan fingerprint density at radius 3 is 2.48 bits per heavy atom. The molecule has 1 saturated heterocycles. The molecule has 27 heavy (non-hydrogen) atoms. The zero-order valence-electron chi connectivity index (χ0n) is 14.8. The molecule has 1 aliphatic heterocycles. The summed E-state index contributed by atoms with van der Waals surface area (Å²) in [6.07, 6.45) is 0.486. The van der Waals surface area contributed by atoms with Crippen LogP contribution in [0.15, 0.2) is 12.3 Å². The van der Waals surface area contributed by atoms with E-state index in [-0.39, 0.29) is 24.0 Å². The normalized spacial score (nSPS) is 26.6. The molecule has 0 radical (unpaired) electrons. The SMILES string of the molecule is O=C(O)C1CCC(NC(=O)N2CCCC(n3ccc(C(F)(F)F)n3)C2)CC1. The quantitative estimate of drug-likeness (QED) is 0.834. The third kappa shape index (κ3) is 4.72. The first kappa shape index (κ1) is 19.5. The van der Waals surface area contributed by atoms with Gasteiger partial charge in [0.25, 0.3) is 0 Å². The molecular formula is C17H23F3N4O3. The zero-order chi connectivity index (χ0) is 19.6. The van der Waals surface area contributed by atoms with Gasteiger partial charge in [0, 0.05) is 25.3 Å². The molecular weight excluding hydrogens is 365 g/mol. The summed E-state index contributed by atoms with van der Waals surface area (Å²) in [7, 11) is 0. The summed E-state index contributed by atoms with van der Waals surface area (Å²) in [6, 6.07) is 0.347. The fourth-order valence-electron chi connectivity index (χ4n) is 3.80. The van der Waals surface area contributed by atoms with Crippen molar-refractivity contribution in [2.45, 2.75) is 56.8 Å². The van der Waals surface area contributed by atoms with Gasteiger partial charge in [0.2, 0.25) is 0 Å². The van der Waals surface area contributed by atoms with E-state index in [1.807, 2.05) is 0 Å². The van der Waals surface area contributed by atoms with E-state index in [1.54, 1.807) is 4.90 Å². The average molecular weight is 388 g/mol. The topological polar surface area (TPSA) is 87.5 Å². The molecule has 0 bridgehead atoms. The van der Waals surface area contributed by atoms with Gasteiger partial charge in [-0.15, -0.1) is 0 Å². The van der Waals surface area contributed by atoms with E-state index in [2.05, 4.69) is 10.4 Å². The van der Waals surface area contributed by atoms with Gasteiger partial charge in [-0.2, -0.15) is 18.3 Å². The highest BCUT2D eigenvalue weighted by atomic mass is 19.4. The maximum atomic E-state index is 12.7. The fraction of sp³-hybridized carbons (Fsp3) is 0.706. The minimum absolute atomic E-state index is 0.0602. The smallest absolute Gasteiger partial charge is 0.435 e. The molecule has 1 saturated carbocycles. The summed E-state index contributed by atoms with van der Waals surface area (Å²) in [5, 5.41) is 15.6. The number of hydrogen-bond donors (Lipinski definition) is 2. The van der Waals surface area contributed by atoms with Crippen LogP contribution in [0.25, 0.3) is 0 Å². The standard InChI is InChI=1S/C17H23F3N4O3/c18-17(19,20)14-7-9-24(22-14)13-2-1-8-23(10-13)16(27)21-12-5-3-11(4-6-12)15(25)26/h7,9,11-13H,1-6,8,10H2,(H,21,27)(H,25,26). The number of carbonyl (C=O) groups excluding carboxylic acids is 1. The lowest BCUT2D eigenvalue weighted by atomic mass is 9.86. The first-order chi connectivity index (χ1) is 12.7. The van der Waals surface area contributed by atoms with Crippen molar-refractivity contribution in [1.82, 2.24) is 20.0 Å². The number of halogens is 3. The Kier molecular flexibility index (Phi) is 5.61. The second-order valence-corrected chi connectivity index (χ2v) is 7.26. The highest BCUT2D eigenvalue weighted by molar-refractivity contribution is 5.75. The molecule has 7 nitrogen and oxygen atoms in total. The van der Waals surface area contributed by atoms with E-state index < -0.39 is 17.8 Å². The van der Waals surface area contributed by atoms with Crippen LogP contribution in [-0.4, -0.2) is 50.9 Å². The van der Waals surface area contributed by atoms with Gasteiger partial charge in [-0.1, -0.05) is 0 Å². The highest BCUT2D eigenvalue weighted by Gasteiger charge is 2.35. The van der Waals surface area contributed by atoms with Crippen molar-refractivity contribution >= 4 is 12.0 Å². The van der Waals surface area contributed by atoms with Crippen molar-refractivity contribution in [2.24, 2.45) is 5.92 Å². The van der Waals surface area contributed by atoms with Gasteiger partial charge >= 0.3 is 18.2 Å². The fourth-order valence-corrected chi connectivity index (χ4v) is 3.80. The summed E-state index contributed by atoms with van der Waals surface area (Å²) in [4.78, 5) is 25.1. The highest BCUT2D eigenvalue weighted by Crippen LogP contribution is 2.29. The molecule has 2 aliphatic rings. The number of aliphatic carboxylic acids is 1. The second-order valence-electron chi connectivity index (χ2n) is 7.26. The van der Waals surface area contributed by atoms with Crippen molar-refractivity contribution in [2.75, 3.05) is 13.1 Å². The Hall–Kier alpha value is -2.26. The lowest BCUT2D eigenvalue weighted by molar-refractivity contribution is -0.143. The molecule has 2 heterocycles. The molecule has 2 amide bonds. The number of likely N-dealkylation sites (tertiary alicyclic amines) is 1. The third-order valence-electron chi connectivity index (χ3n) is 5.36. The number of rotatable bonds is 3. The van der Waals surface area contributed by atoms with Crippen LogP contribution in [0.3, 0.4) is 0 Å². The minimum atomic E-state index is -4.48. The van der Waals surface area contributed by atoms with Gasteiger partial charge in [0.1, 0.15) is 0 Å². The van der Waals surface area contributed by atoms with Crippen LogP contribution in [0.5, 0.6) is 0 Å². The number of piperidine rings is 1. The summed E-state index contributed by atoms with van der Waals surface area (Å²) in [5.74, 6) is -1.14. The van der Waals surface area contributed by atoms with Crippen LogP contribution >= 0.6 is 0 Å². The predicted molar refractivity (Wildman–Crippen MR) is 89.0 cm³/mol. The number of nitrogens with one attached hydrogen (secondary N) is 1. The van der Waals surface area contributed by atoms with Crippen molar-refractivity contribution in [3.05, 3.63) is 18.0 Å². The first-order valence-corrected chi connectivity index (χ1v) is 9.14. The van der Waals surface area contributed by atoms with Crippen molar-refractivity contribution < 1.29 is 27.9 Å². The van der Waals surface area contributed by atoms with Gasteiger partial charge in [0.05, 0.1) is 12.0 Å². The Bertz CT molecular complexity index is 683. The van der Waals surface area contributed by atoms with Crippen molar-refractivity contribution in [3.8, 4) is 0 Å². The Morgan fingerprint density at radius 2 is 1.89 bits per heavy atom. The van der Waals surface area contributed by atoms with Crippen molar-refractivity contribution in [1.29, 1.82) is 0 Å². The van der Waals surface area contributed by atoms with E-state index >= 15 is 0 Å². The molecule has 1 aliphatic carbocycles. The first-order valence-electron chi connectivity index (χ1n) is 9.14. The second kappa shape index (κ2) is 7.77. The number of alkyl halides is 3. The van der Waals surface area contributed by atoms with E-state index in [4.69, 9.17) is 5.11 Å². The molecule has 2 fully saturated rings. The van der Waals surface area contributed by atoms with Crippen LogP contribution in [0.2, 0.25) is 0 Å². The molecule has 2 N–H and O–H groups in total. The van der Waals surface area contributed by atoms with Gasteiger partial charge in [0.15, 0.2) is 5.69 Å². The van der Waals surface area contributed by atoms with E-state index in [0.717, 1.165) is 6.07 Å². The van der Waals surface area contributed by atoms with Crippen LogP contribution in [0.1, 0.15) is 50.3 Å². The maximum Gasteiger partial charge on any atom is 0.435 e. The van der Waals surface area contributed by atoms with E-state index in [0.29, 0.717) is 51.6 Å². The summed E-state index contributed by atoms with van der Waals surface area (Å²) in [5.41, 5.74) is -0.931. The van der Waals surface area contributed by atoms with Gasteiger partial charge < -0.3 is 15.3 Å². The maximum absolute atomic E-state index is 12.7. The molecule has 1 aromatic heterocycles.